The maximum Gasteiger partial charge on any atom is 0.165 e. The van der Waals surface area contributed by atoms with E-state index < -0.39 is 0 Å². The number of benzene rings is 2. The molecule has 1 aliphatic heterocycles. The lowest BCUT2D eigenvalue weighted by Crippen LogP contribution is -2.05. The molecule has 98 valence electrons. The van der Waals surface area contributed by atoms with Crippen LogP contribution in [0.25, 0.3) is 11.1 Å². The minimum atomic E-state index is -0.285. The summed E-state index contributed by atoms with van der Waals surface area (Å²) in [5, 5.41) is 0. The third kappa shape index (κ3) is 2.16. The molecule has 0 bridgehead atoms. The average Bonchev–Trinajstić information content (AvgIpc) is 2.80. The topological polar surface area (TPSA) is 18.5 Å². The summed E-state index contributed by atoms with van der Waals surface area (Å²) in [7, 11) is 1.63. The van der Waals surface area contributed by atoms with Gasteiger partial charge in [-0.2, -0.15) is 0 Å². The van der Waals surface area contributed by atoms with Crippen molar-refractivity contribution in [2.75, 3.05) is 7.11 Å². The molecular weight excluding hydrogens is 243 g/mol. The third-order valence-electron chi connectivity index (χ3n) is 3.37. The van der Waals surface area contributed by atoms with Crippen LogP contribution in [-0.4, -0.2) is 13.2 Å². The molecule has 0 aromatic heterocycles. The molecule has 2 nitrogen and oxygen atoms in total. The predicted octanol–water partition coefficient (Wildman–Crippen LogP) is 3.82. The summed E-state index contributed by atoms with van der Waals surface area (Å²) in [6, 6.07) is 11.1. The normalized spacial score (nSPS) is 16.9. The van der Waals surface area contributed by atoms with E-state index in [1.165, 1.54) is 6.07 Å². The van der Waals surface area contributed by atoms with Gasteiger partial charge in [0.05, 0.1) is 7.11 Å². The Labute approximate surface area is 111 Å². The highest BCUT2D eigenvalue weighted by Gasteiger charge is 2.23. The van der Waals surface area contributed by atoms with Gasteiger partial charge in [-0.1, -0.05) is 12.1 Å². The maximum absolute atomic E-state index is 14.0. The van der Waals surface area contributed by atoms with Crippen molar-refractivity contribution in [2.45, 2.75) is 19.4 Å². The molecule has 1 aliphatic rings. The van der Waals surface area contributed by atoms with Crippen molar-refractivity contribution in [1.82, 2.24) is 0 Å². The summed E-state index contributed by atoms with van der Waals surface area (Å²) < 4.78 is 24.6. The Morgan fingerprint density at radius 3 is 2.58 bits per heavy atom. The van der Waals surface area contributed by atoms with Gasteiger partial charge in [-0.05, 0) is 42.3 Å². The van der Waals surface area contributed by atoms with E-state index in [1.54, 1.807) is 7.11 Å². The first-order valence-corrected chi connectivity index (χ1v) is 6.31. The van der Waals surface area contributed by atoms with Gasteiger partial charge in [-0.15, -0.1) is 0 Å². The smallest absolute Gasteiger partial charge is 0.165 e. The molecule has 2 aromatic carbocycles. The zero-order valence-electron chi connectivity index (χ0n) is 10.9. The summed E-state index contributed by atoms with van der Waals surface area (Å²) in [6.45, 7) is 1.95. The molecule has 3 heteroatoms. The Kier molecular flexibility index (Phi) is 2.90. The second-order valence-electron chi connectivity index (χ2n) is 4.81. The first kappa shape index (κ1) is 12.0. The lowest BCUT2D eigenvalue weighted by atomic mass is 10.0. The van der Waals surface area contributed by atoms with Gasteiger partial charge in [0.25, 0.3) is 0 Å². The van der Waals surface area contributed by atoms with Gasteiger partial charge in [0, 0.05) is 12.0 Å². The highest BCUT2D eigenvalue weighted by Crippen LogP contribution is 2.36. The summed E-state index contributed by atoms with van der Waals surface area (Å²) in [4.78, 5) is 0. The van der Waals surface area contributed by atoms with Crippen LogP contribution in [-0.2, 0) is 6.42 Å². The Balaban J connectivity index is 2.01. The number of rotatable bonds is 2. The van der Waals surface area contributed by atoms with E-state index >= 15 is 0 Å². The molecule has 3 rings (SSSR count). The van der Waals surface area contributed by atoms with Gasteiger partial charge in [-0.25, -0.2) is 4.39 Å². The van der Waals surface area contributed by atoms with Crippen LogP contribution in [0.3, 0.4) is 0 Å². The Bertz CT molecular complexity index is 605. The van der Waals surface area contributed by atoms with Crippen LogP contribution >= 0.6 is 0 Å². The van der Waals surface area contributed by atoms with E-state index in [9.17, 15) is 4.39 Å². The summed E-state index contributed by atoms with van der Waals surface area (Å²) in [5.41, 5.74) is 2.79. The lowest BCUT2D eigenvalue weighted by Gasteiger charge is -2.07. The zero-order valence-corrected chi connectivity index (χ0v) is 10.9. The van der Waals surface area contributed by atoms with Crippen LogP contribution in [0.15, 0.2) is 36.4 Å². The molecule has 0 radical (unpaired) electrons. The predicted molar refractivity (Wildman–Crippen MR) is 72.2 cm³/mol. The van der Waals surface area contributed by atoms with Gasteiger partial charge in [0.1, 0.15) is 11.9 Å². The van der Waals surface area contributed by atoms with Gasteiger partial charge >= 0.3 is 0 Å². The van der Waals surface area contributed by atoms with Crippen molar-refractivity contribution in [2.24, 2.45) is 0 Å². The number of hydrogen-bond donors (Lipinski definition) is 0. The van der Waals surface area contributed by atoms with E-state index in [2.05, 4.69) is 0 Å². The molecule has 0 N–H and O–H groups in total. The molecule has 0 spiro atoms. The molecule has 0 saturated heterocycles. The molecule has 0 aliphatic carbocycles. The van der Waals surface area contributed by atoms with Gasteiger partial charge < -0.3 is 9.47 Å². The number of ether oxygens (including phenoxy) is 2. The molecule has 0 amide bonds. The molecule has 0 fully saturated rings. The monoisotopic (exact) mass is 258 g/mol. The average molecular weight is 258 g/mol. The molecular formula is C16H15FO2. The van der Waals surface area contributed by atoms with Gasteiger partial charge in [0.2, 0.25) is 0 Å². The van der Waals surface area contributed by atoms with E-state index in [4.69, 9.17) is 9.47 Å². The van der Waals surface area contributed by atoms with Crippen molar-refractivity contribution < 1.29 is 13.9 Å². The zero-order chi connectivity index (χ0) is 13.4. The Morgan fingerprint density at radius 1 is 1.16 bits per heavy atom. The van der Waals surface area contributed by atoms with Crippen LogP contribution in [0.4, 0.5) is 4.39 Å². The first-order valence-electron chi connectivity index (χ1n) is 6.31. The van der Waals surface area contributed by atoms with Gasteiger partial charge in [0.15, 0.2) is 11.6 Å². The lowest BCUT2D eigenvalue weighted by molar-refractivity contribution is 0.245. The number of methoxy groups -OCH3 is 1. The van der Waals surface area contributed by atoms with Crippen LogP contribution in [0.1, 0.15) is 12.5 Å². The fourth-order valence-electron chi connectivity index (χ4n) is 2.44. The molecule has 2 aromatic rings. The second kappa shape index (κ2) is 4.57. The fraction of sp³-hybridized carbons (Fsp3) is 0.250. The van der Waals surface area contributed by atoms with Crippen LogP contribution in [0, 0.1) is 5.82 Å². The van der Waals surface area contributed by atoms with Crippen molar-refractivity contribution in [1.29, 1.82) is 0 Å². The van der Waals surface area contributed by atoms with Gasteiger partial charge in [-0.3, -0.25) is 0 Å². The molecule has 1 heterocycles. The highest BCUT2D eigenvalue weighted by molar-refractivity contribution is 5.67. The third-order valence-corrected chi connectivity index (χ3v) is 3.37. The Morgan fingerprint density at radius 2 is 1.89 bits per heavy atom. The van der Waals surface area contributed by atoms with E-state index in [0.29, 0.717) is 5.75 Å². The summed E-state index contributed by atoms with van der Waals surface area (Å²) >= 11 is 0. The largest absolute Gasteiger partial charge is 0.497 e. The first-order chi connectivity index (χ1) is 9.17. The Hall–Kier alpha value is -2.03. The maximum atomic E-state index is 14.0. The molecule has 1 atom stereocenters. The number of fused-ring (bicyclic) bond motifs is 1. The van der Waals surface area contributed by atoms with Crippen molar-refractivity contribution >= 4 is 0 Å². The SMILES string of the molecule is COc1ccc(-c2cc(F)c3c(c2)CC(C)O3)cc1. The van der Waals surface area contributed by atoms with Crippen molar-refractivity contribution in [3.8, 4) is 22.6 Å². The van der Waals surface area contributed by atoms with Crippen LogP contribution in [0.5, 0.6) is 11.5 Å². The van der Waals surface area contributed by atoms with E-state index in [-0.39, 0.29) is 11.9 Å². The quantitative estimate of drug-likeness (QED) is 0.815. The second-order valence-corrected chi connectivity index (χ2v) is 4.81. The fourth-order valence-corrected chi connectivity index (χ4v) is 2.44. The van der Waals surface area contributed by atoms with E-state index in [1.807, 2.05) is 37.3 Å². The number of halogens is 1. The molecule has 1 unspecified atom stereocenters. The standard InChI is InChI=1S/C16H15FO2/c1-10-7-13-8-12(9-15(17)16(13)19-10)11-3-5-14(18-2)6-4-11/h3-6,8-10H,7H2,1-2H3. The number of hydrogen-bond acceptors (Lipinski definition) is 2. The minimum absolute atomic E-state index is 0.0515. The molecule has 0 saturated carbocycles. The van der Waals surface area contributed by atoms with Crippen LogP contribution < -0.4 is 9.47 Å². The van der Waals surface area contributed by atoms with Crippen molar-refractivity contribution in [3.63, 3.8) is 0 Å². The summed E-state index contributed by atoms with van der Waals surface area (Å²) in [6.07, 6.45) is 0.812. The molecule has 19 heavy (non-hydrogen) atoms. The summed E-state index contributed by atoms with van der Waals surface area (Å²) in [5.74, 6) is 0.916. The van der Waals surface area contributed by atoms with Crippen molar-refractivity contribution in [3.05, 3.63) is 47.8 Å². The van der Waals surface area contributed by atoms with Crippen LogP contribution in [0.2, 0.25) is 0 Å². The van der Waals surface area contributed by atoms with E-state index in [0.717, 1.165) is 28.9 Å². The minimum Gasteiger partial charge on any atom is -0.497 e. The highest BCUT2D eigenvalue weighted by atomic mass is 19.1.